The molecule has 0 spiro atoms. The van der Waals surface area contributed by atoms with Gasteiger partial charge in [-0.1, -0.05) is 36.4 Å². The van der Waals surface area contributed by atoms with Crippen LogP contribution in [0.2, 0.25) is 0 Å². The summed E-state index contributed by atoms with van der Waals surface area (Å²) in [6.45, 7) is 3.88. The number of benzene rings is 2. The number of rotatable bonds is 4. The van der Waals surface area contributed by atoms with Gasteiger partial charge in [0.05, 0.1) is 15.8 Å². The van der Waals surface area contributed by atoms with E-state index in [1.165, 1.54) is 24.3 Å². The van der Waals surface area contributed by atoms with Crippen molar-refractivity contribution in [2.75, 3.05) is 0 Å². The van der Waals surface area contributed by atoms with E-state index in [0.29, 0.717) is 6.42 Å². The molecule has 0 unspecified atom stereocenters. The largest absolute Gasteiger partial charge is 0.277 e. The summed E-state index contributed by atoms with van der Waals surface area (Å²) in [5, 5.41) is 0.408. The van der Waals surface area contributed by atoms with Gasteiger partial charge in [0.1, 0.15) is 5.25 Å². The van der Waals surface area contributed by atoms with Crippen molar-refractivity contribution in [2.24, 2.45) is 0 Å². The second-order valence-corrected chi connectivity index (χ2v) is 12.0. The zero-order valence-electron chi connectivity index (χ0n) is 15.7. The van der Waals surface area contributed by atoms with Gasteiger partial charge >= 0.3 is 0 Å². The molecule has 8 heteroatoms. The summed E-state index contributed by atoms with van der Waals surface area (Å²) in [6, 6.07) is 15.4. The van der Waals surface area contributed by atoms with Crippen LogP contribution >= 0.6 is 0 Å². The topological polar surface area (TPSA) is 80.8 Å². The molecule has 0 aliphatic carbocycles. The molecule has 150 valence electrons. The third-order valence-corrected chi connectivity index (χ3v) is 9.92. The Balaban J connectivity index is 1.85. The monoisotopic (exact) mass is 421 g/mol. The van der Waals surface area contributed by atoms with Crippen molar-refractivity contribution < 1.29 is 21.7 Å². The smallest absolute Gasteiger partial charge is 0.208 e. The predicted molar refractivity (Wildman–Crippen MR) is 105 cm³/mol. The van der Waals surface area contributed by atoms with Crippen molar-refractivity contribution >= 4 is 19.7 Å². The summed E-state index contributed by atoms with van der Waals surface area (Å²) in [7, 11) is -7.94. The van der Waals surface area contributed by atoms with Crippen LogP contribution in [0.3, 0.4) is 0 Å². The van der Waals surface area contributed by atoms with E-state index >= 15 is 0 Å². The van der Waals surface area contributed by atoms with Crippen molar-refractivity contribution in [3.63, 3.8) is 0 Å². The first-order valence-electron chi connectivity index (χ1n) is 9.20. The lowest BCUT2D eigenvalue weighted by Crippen LogP contribution is -2.43. The molecular formula is C20H23NO5S2. The summed E-state index contributed by atoms with van der Waals surface area (Å²) in [4.78, 5) is 6.08. The lowest BCUT2D eigenvalue weighted by atomic mass is 10.0. The lowest BCUT2D eigenvalue weighted by molar-refractivity contribution is -0.180. The first-order valence-corrected chi connectivity index (χ1v) is 12.3. The Morgan fingerprint density at radius 1 is 0.857 bits per heavy atom. The van der Waals surface area contributed by atoms with Crippen molar-refractivity contribution in [2.45, 2.75) is 58.7 Å². The summed E-state index contributed by atoms with van der Waals surface area (Å²) in [5.74, 6) is 0. The van der Waals surface area contributed by atoms with E-state index in [-0.39, 0.29) is 9.79 Å². The quantitative estimate of drug-likeness (QED) is 0.755. The minimum absolute atomic E-state index is 0.0623. The Hall–Kier alpha value is -1.74. The molecule has 28 heavy (non-hydrogen) atoms. The SMILES string of the molecule is CC1(C)CC[C@H]2[C@H](S(=O)(=O)c3ccccc3)[C@H](S(=O)(=O)c3ccccc3)ON21. The fourth-order valence-corrected chi connectivity index (χ4v) is 8.42. The van der Waals surface area contributed by atoms with Crippen molar-refractivity contribution in [1.29, 1.82) is 0 Å². The summed E-state index contributed by atoms with van der Waals surface area (Å²) in [6.07, 6.45) is 1.29. The molecule has 0 bridgehead atoms. The van der Waals surface area contributed by atoms with Gasteiger partial charge < -0.3 is 0 Å². The van der Waals surface area contributed by atoms with Gasteiger partial charge in [-0.25, -0.2) is 16.8 Å². The van der Waals surface area contributed by atoms with Crippen molar-refractivity contribution in [3.8, 4) is 0 Å². The zero-order valence-corrected chi connectivity index (χ0v) is 17.4. The van der Waals surface area contributed by atoms with Crippen LogP contribution in [0.25, 0.3) is 0 Å². The minimum atomic E-state index is -4.01. The Labute approximate surface area is 165 Å². The van der Waals surface area contributed by atoms with E-state index < -0.39 is 41.9 Å². The van der Waals surface area contributed by atoms with Gasteiger partial charge in [0.2, 0.25) is 15.3 Å². The molecule has 2 saturated heterocycles. The Kier molecular flexibility index (Phi) is 4.65. The summed E-state index contributed by atoms with van der Waals surface area (Å²) < 4.78 is 53.7. The first kappa shape index (κ1) is 19.6. The molecule has 0 N–H and O–H groups in total. The fraction of sp³-hybridized carbons (Fsp3) is 0.400. The second kappa shape index (κ2) is 6.66. The van der Waals surface area contributed by atoms with Crippen LogP contribution in [0.4, 0.5) is 0 Å². The van der Waals surface area contributed by atoms with E-state index in [1.54, 1.807) is 41.5 Å². The van der Waals surface area contributed by atoms with Gasteiger partial charge in [0.15, 0.2) is 9.84 Å². The summed E-state index contributed by atoms with van der Waals surface area (Å²) in [5.41, 5.74) is -1.92. The molecule has 0 amide bonds. The predicted octanol–water partition coefficient (Wildman–Crippen LogP) is 2.82. The highest BCUT2D eigenvalue weighted by atomic mass is 32.2. The van der Waals surface area contributed by atoms with Gasteiger partial charge in [-0.05, 0) is 51.0 Å². The Morgan fingerprint density at radius 3 is 1.89 bits per heavy atom. The highest BCUT2D eigenvalue weighted by Crippen LogP contribution is 2.46. The molecule has 0 radical (unpaired) electrons. The average molecular weight is 422 g/mol. The molecule has 4 rings (SSSR count). The normalized spacial score (nSPS) is 27.6. The number of fused-ring (bicyclic) bond motifs is 1. The maximum atomic E-state index is 13.5. The van der Waals surface area contributed by atoms with Crippen LogP contribution in [0, 0.1) is 0 Å². The molecule has 2 fully saturated rings. The number of nitrogens with zero attached hydrogens (tertiary/aromatic N) is 1. The Morgan fingerprint density at radius 2 is 1.36 bits per heavy atom. The van der Waals surface area contributed by atoms with E-state index in [0.717, 1.165) is 6.42 Å². The summed E-state index contributed by atoms with van der Waals surface area (Å²) >= 11 is 0. The van der Waals surface area contributed by atoms with Crippen LogP contribution in [-0.2, 0) is 24.5 Å². The number of hydroxylamine groups is 2. The highest BCUT2D eigenvalue weighted by molar-refractivity contribution is 7.96. The van der Waals surface area contributed by atoms with Crippen LogP contribution in [-0.4, -0.2) is 44.2 Å². The van der Waals surface area contributed by atoms with E-state index in [9.17, 15) is 16.8 Å². The van der Waals surface area contributed by atoms with Gasteiger partial charge in [-0.2, -0.15) is 5.06 Å². The van der Waals surface area contributed by atoms with Crippen molar-refractivity contribution in [3.05, 3.63) is 60.7 Å². The van der Waals surface area contributed by atoms with Crippen molar-refractivity contribution in [1.82, 2.24) is 5.06 Å². The minimum Gasteiger partial charge on any atom is -0.277 e. The number of sulfone groups is 2. The fourth-order valence-electron chi connectivity index (χ4n) is 4.15. The molecule has 2 aliphatic heterocycles. The Bertz CT molecular complexity index is 1070. The van der Waals surface area contributed by atoms with Gasteiger partial charge in [0, 0.05) is 5.54 Å². The standard InChI is InChI=1S/C20H23NO5S2/c1-20(2)14-13-17-18(27(22,23)15-9-5-3-6-10-15)19(26-21(17)20)28(24,25)16-11-7-4-8-12-16/h3-12,17-19H,13-14H2,1-2H3/t17-,18-,19-/m0/s1. The van der Waals surface area contributed by atoms with Crippen LogP contribution in [0.5, 0.6) is 0 Å². The van der Waals surface area contributed by atoms with Gasteiger partial charge in [0.25, 0.3) is 0 Å². The van der Waals surface area contributed by atoms with Crippen LogP contribution < -0.4 is 0 Å². The molecule has 2 aromatic carbocycles. The maximum Gasteiger partial charge on any atom is 0.208 e. The van der Waals surface area contributed by atoms with Gasteiger partial charge in [-0.15, -0.1) is 0 Å². The highest BCUT2D eigenvalue weighted by Gasteiger charge is 2.61. The third kappa shape index (κ3) is 2.99. The second-order valence-electron chi connectivity index (χ2n) is 7.90. The van der Waals surface area contributed by atoms with E-state index in [4.69, 9.17) is 4.84 Å². The number of hydrogen-bond donors (Lipinski definition) is 0. The maximum absolute atomic E-state index is 13.5. The lowest BCUT2D eigenvalue weighted by Gasteiger charge is -2.29. The van der Waals surface area contributed by atoms with Crippen LogP contribution in [0.1, 0.15) is 26.7 Å². The molecule has 0 saturated carbocycles. The molecule has 2 heterocycles. The molecule has 2 aliphatic rings. The zero-order chi connectivity index (χ0) is 20.2. The molecule has 3 atom stereocenters. The third-order valence-electron chi connectivity index (χ3n) is 5.62. The van der Waals surface area contributed by atoms with Gasteiger partial charge in [-0.3, -0.25) is 4.84 Å². The molecular weight excluding hydrogens is 398 g/mol. The molecule has 6 nitrogen and oxygen atoms in total. The van der Waals surface area contributed by atoms with Crippen LogP contribution in [0.15, 0.2) is 70.5 Å². The first-order chi connectivity index (χ1) is 13.2. The average Bonchev–Trinajstić information content (AvgIpc) is 3.22. The molecule has 0 aromatic heterocycles. The van der Waals surface area contributed by atoms with E-state index in [1.807, 2.05) is 13.8 Å². The number of hydrogen-bond acceptors (Lipinski definition) is 6. The van der Waals surface area contributed by atoms with E-state index in [2.05, 4.69) is 0 Å². The molecule has 2 aromatic rings.